The highest BCUT2D eigenvalue weighted by Crippen LogP contribution is 2.50. The van der Waals surface area contributed by atoms with Crippen LogP contribution in [0.3, 0.4) is 0 Å². The molecule has 0 heterocycles. The van der Waals surface area contributed by atoms with Gasteiger partial charge in [0.15, 0.2) is 0 Å². The molecule has 4 unspecified atom stereocenters. The molecule has 0 amide bonds. The molecular weight excluding hydrogens is 419 g/mol. The summed E-state index contributed by atoms with van der Waals surface area (Å²) < 4.78 is 66.6. The summed E-state index contributed by atoms with van der Waals surface area (Å²) in [6, 6.07) is 1.83. The second-order valence-corrected chi connectivity index (χ2v) is 10.9. The molecule has 4 atom stereocenters. The van der Waals surface area contributed by atoms with E-state index in [1.54, 1.807) is 0 Å². The van der Waals surface area contributed by atoms with E-state index in [1.165, 1.54) is 57.8 Å². The standard InChI is InChI=1S/C27H37F5/c1-2-3-4-17-5-6-22-14-21(12-11-20(22)13-17)18-7-9-19(10-8-18)23-15-24(28)26(25(29)16-23)27(30,31)32/h15-22H,2-14H2,1H3. The van der Waals surface area contributed by atoms with Gasteiger partial charge >= 0.3 is 6.18 Å². The van der Waals surface area contributed by atoms with Crippen molar-refractivity contribution >= 4 is 0 Å². The molecule has 32 heavy (non-hydrogen) atoms. The summed E-state index contributed by atoms with van der Waals surface area (Å²) >= 11 is 0. The van der Waals surface area contributed by atoms with Crippen LogP contribution in [0.15, 0.2) is 12.1 Å². The van der Waals surface area contributed by atoms with Crippen LogP contribution in [0.4, 0.5) is 22.0 Å². The Labute approximate surface area is 189 Å². The summed E-state index contributed by atoms with van der Waals surface area (Å²) in [7, 11) is 0. The number of benzene rings is 1. The third-order valence-corrected chi connectivity index (χ3v) is 8.99. The van der Waals surface area contributed by atoms with Gasteiger partial charge in [0.1, 0.15) is 17.2 Å². The maximum atomic E-state index is 14.0. The Morgan fingerprint density at radius 1 is 0.750 bits per heavy atom. The van der Waals surface area contributed by atoms with E-state index >= 15 is 0 Å². The van der Waals surface area contributed by atoms with Crippen molar-refractivity contribution < 1.29 is 22.0 Å². The Hall–Kier alpha value is -1.13. The van der Waals surface area contributed by atoms with Crippen LogP contribution in [0.5, 0.6) is 0 Å². The lowest BCUT2D eigenvalue weighted by molar-refractivity contribution is -0.142. The van der Waals surface area contributed by atoms with E-state index < -0.39 is 23.4 Å². The molecule has 1 aromatic carbocycles. The van der Waals surface area contributed by atoms with Gasteiger partial charge in [0.05, 0.1) is 0 Å². The Morgan fingerprint density at radius 3 is 1.88 bits per heavy atom. The number of fused-ring (bicyclic) bond motifs is 1. The highest BCUT2D eigenvalue weighted by molar-refractivity contribution is 5.30. The second-order valence-electron chi connectivity index (χ2n) is 10.9. The third kappa shape index (κ3) is 5.33. The fraction of sp³-hybridized carbons (Fsp3) is 0.778. The van der Waals surface area contributed by atoms with Gasteiger partial charge in [0, 0.05) is 0 Å². The number of halogens is 5. The van der Waals surface area contributed by atoms with Crippen LogP contribution in [0.2, 0.25) is 0 Å². The zero-order valence-electron chi connectivity index (χ0n) is 19.2. The second kappa shape index (κ2) is 10.0. The summed E-state index contributed by atoms with van der Waals surface area (Å²) in [5.74, 6) is 1.14. The molecule has 1 aromatic rings. The molecule has 0 N–H and O–H groups in total. The van der Waals surface area contributed by atoms with Crippen molar-refractivity contribution in [3.05, 3.63) is 34.9 Å². The van der Waals surface area contributed by atoms with Crippen molar-refractivity contribution in [1.82, 2.24) is 0 Å². The van der Waals surface area contributed by atoms with Gasteiger partial charge in [-0.3, -0.25) is 0 Å². The molecule has 3 aliphatic rings. The smallest absolute Gasteiger partial charge is 0.206 e. The SMILES string of the molecule is CCCCC1CCC2CC(C3CCC(c4cc(F)c(C(F)(F)F)c(F)c4)CC3)CCC2C1. The van der Waals surface area contributed by atoms with E-state index in [1.807, 2.05) is 0 Å². The molecule has 0 bridgehead atoms. The molecule has 0 saturated heterocycles. The van der Waals surface area contributed by atoms with E-state index in [9.17, 15) is 22.0 Å². The summed E-state index contributed by atoms with van der Waals surface area (Å²) in [5.41, 5.74) is -1.38. The lowest BCUT2D eigenvalue weighted by Gasteiger charge is -2.45. The molecule has 3 saturated carbocycles. The highest BCUT2D eigenvalue weighted by atomic mass is 19.4. The Kier molecular flexibility index (Phi) is 7.51. The average Bonchev–Trinajstić information content (AvgIpc) is 2.76. The highest BCUT2D eigenvalue weighted by Gasteiger charge is 2.40. The topological polar surface area (TPSA) is 0 Å². The molecule has 0 radical (unpaired) electrons. The third-order valence-electron chi connectivity index (χ3n) is 8.99. The molecule has 3 fully saturated rings. The first kappa shape index (κ1) is 24.0. The van der Waals surface area contributed by atoms with Crippen LogP contribution in [0.25, 0.3) is 0 Å². The summed E-state index contributed by atoms with van der Waals surface area (Å²) in [5, 5.41) is 0. The first-order valence-electron chi connectivity index (χ1n) is 12.8. The summed E-state index contributed by atoms with van der Waals surface area (Å²) in [4.78, 5) is 0. The molecule has 3 aliphatic carbocycles. The number of rotatable bonds is 5. The van der Waals surface area contributed by atoms with Crippen molar-refractivity contribution in [3.63, 3.8) is 0 Å². The predicted molar refractivity (Wildman–Crippen MR) is 117 cm³/mol. The van der Waals surface area contributed by atoms with Crippen LogP contribution in [-0.4, -0.2) is 0 Å². The zero-order chi connectivity index (χ0) is 22.9. The maximum Gasteiger partial charge on any atom is 0.422 e. The van der Waals surface area contributed by atoms with Gasteiger partial charge in [-0.05, 0) is 111 Å². The quantitative estimate of drug-likeness (QED) is 0.387. The molecule has 0 aromatic heterocycles. The Bertz CT molecular complexity index is 739. The van der Waals surface area contributed by atoms with Crippen molar-refractivity contribution in [2.24, 2.45) is 29.6 Å². The van der Waals surface area contributed by atoms with Crippen molar-refractivity contribution in [3.8, 4) is 0 Å². The minimum Gasteiger partial charge on any atom is -0.206 e. The van der Waals surface area contributed by atoms with Gasteiger partial charge in [0.2, 0.25) is 0 Å². The van der Waals surface area contributed by atoms with Crippen molar-refractivity contribution in [2.75, 3.05) is 0 Å². The van der Waals surface area contributed by atoms with E-state index in [0.29, 0.717) is 11.5 Å². The van der Waals surface area contributed by atoms with E-state index in [-0.39, 0.29) is 5.92 Å². The molecule has 0 spiro atoms. The van der Waals surface area contributed by atoms with Gasteiger partial charge in [-0.1, -0.05) is 32.6 Å². The fourth-order valence-corrected chi connectivity index (χ4v) is 7.23. The van der Waals surface area contributed by atoms with Crippen LogP contribution < -0.4 is 0 Å². The predicted octanol–water partition coefficient (Wildman–Crippen LogP) is 9.28. The van der Waals surface area contributed by atoms with E-state index in [0.717, 1.165) is 61.5 Å². The van der Waals surface area contributed by atoms with Gasteiger partial charge in [-0.15, -0.1) is 0 Å². The maximum absolute atomic E-state index is 14.0. The normalized spacial score (nSPS) is 33.7. The van der Waals surface area contributed by atoms with Crippen molar-refractivity contribution in [1.29, 1.82) is 0 Å². The van der Waals surface area contributed by atoms with Crippen molar-refractivity contribution in [2.45, 2.75) is 102 Å². The zero-order valence-corrected chi connectivity index (χ0v) is 19.2. The minimum absolute atomic E-state index is 0.0390. The molecule has 0 aliphatic heterocycles. The first-order valence-corrected chi connectivity index (χ1v) is 12.8. The van der Waals surface area contributed by atoms with Gasteiger partial charge < -0.3 is 0 Å². The number of unbranched alkanes of at least 4 members (excludes halogenated alkanes) is 1. The summed E-state index contributed by atoms with van der Waals surface area (Å²) in [6.07, 6.45) is 10.9. The van der Waals surface area contributed by atoms with Crippen LogP contribution in [-0.2, 0) is 6.18 Å². The van der Waals surface area contributed by atoms with Crippen LogP contribution >= 0.6 is 0 Å². The monoisotopic (exact) mass is 456 g/mol. The molecule has 0 nitrogen and oxygen atoms in total. The molecule has 4 rings (SSSR count). The average molecular weight is 457 g/mol. The number of alkyl halides is 3. The van der Waals surface area contributed by atoms with E-state index in [4.69, 9.17) is 0 Å². The van der Waals surface area contributed by atoms with E-state index in [2.05, 4.69) is 6.92 Å². The largest absolute Gasteiger partial charge is 0.422 e. The molecule has 5 heteroatoms. The lowest BCUT2D eigenvalue weighted by atomic mass is 9.60. The molecular formula is C27H37F5. The fourth-order valence-electron chi connectivity index (χ4n) is 7.23. The van der Waals surface area contributed by atoms with Gasteiger partial charge in [-0.25, -0.2) is 8.78 Å². The first-order chi connectivity index (χ1) is 15.3. The van der Waals surface area contributed by atoms with Crippen LogP contribution in [0, 0.1) is 41.2 Å². The summed E-state index contributed by atoms with van der Waals surface area (Å²) in [6.45, 7) is 2.27. The number of hydrogen-bond acceptors (Lipinski definition) is 0. The van der Waals surface area contributed by atoms with Crippen LogP contribution in [0.1, 0.15) is 107 Å². The minimum atomic E-state index is -5.00. The van der Waals surface area contributed by atoms with Gasteiger partial charge in [-0.2, -0.15) is 13.2 Å². The number of hydrogen-bond donors (Lipinski definition) is 0. The Balaban J connectivity index is 1.30. The lowest BCUT2D eigenvalue weighted by Crippen LogP contribution is -2.34. The Morgan fingerprint density at radius 2 is 1.28 bits per heavy atom. The van der Waals surface area contributed by atoms with Gasteiger partial charge in [0.25, 0.3) is 0 Å². The molecule has 180 valence electrons.